The first kappa shape index (κ1) is 18.5. The fraction of sp³-hybridized carbons (Fsp3) is 0.188. The molecule has 126 valence electrons. The number of hydrogen-bond donors (Lipinski definition) is 0. The van der Waals surface area contributed by atoms with Crippen LogP contribution < -0.4 is 4.90 Å². The number of hydrogen-bond acceptors (Lipinski definition) is 4. The lowest BCUT2D eigenvalue weighted by molar-refractivity contribution is -0.126. The molecule has 2 aromatic rings. The molecule has 1 amide bonds. The maximum absolute atomic E-state index is 12.4. The number of ether oxygens (including phenoxy) is 1. The Morgan fingerprint density at radius 1 is 1.12 bits per heavy atom. The SMILES string of the molecule is C[C@@H](OC(=O)c1ncc(Cl)c(Cl)c1Cl)C(=O)N(C)c1ccccc1. The number of amides is 1. The van der Waals surface area contributed by atoms with Crippen LogP contribution in [0.5, 0.6) is 0 Å². The Balaban J connectivity index is 2.11. The molecule has 5 nitrogen and oxygen atoms in total. The lowest BCUT2D eigenvalue weighted by atomic mass is 10.2. The van der Waals surface area contributed by atoms with Crippen LogP contribution >= 0.6 is 34.8 Å². The Hall–Kier alpha value is -1.82. The smallest absolute Gasteiger partial charge is 0.359 e. The quantitative estimate of drug-likeness (QED) is 0.736. The van der Waals surface area contributed by atoms with E-state index in [1.54, 1.807) is 31.3 Å². The second-order valence-electron chi connectivity index (χ2n) is 4.86. The van der Waals surface area contributed by atoms with E-state index in [1.807, 2.05) is 6.07 Å². The first-order valence-electron chi connectivity index (χ1n) is 6.86. The summed E-state index contributed by atoms with van der Waals surface area (Å²) in [6.45, 7) is 1.46. The summed E-state index contributed by atoms with van der Waals surface area (Å²) >= 11 is 17.6. The van der Waals surface area contributed by atoms with Crippen LogP contribution in [0.15, 0.2) is 36.5 Å². The van der Waals surface area contributed by atoms with Crippen LogP contribution in [0.2, 0.25) is 15.1 Å². The van der Waals surface area contributed by atoms with Crippen molar-refractivity contribution in [3.8, 4) is 0 Å². The lowest BCUT2D eigenvalue weighted by Crippen LogP contribution is -2.37. The molecule has 0 saturated heterocycles. The maximum Gasteiger partial charge on any atom is 0.359 e. The van der Waals surface area contributed by atoms with E-state index < -0.39 is 18.0 Å². The second-order valence-corrected chi connectivity index (χ2v) is 6.03. The number of esters is 1. The van der Waals surface area contributed by atoms with Crippen molar-refractivity contribution in [2.45, 2.75) is 13.0 Å². The summed E-state index contributed by atoms with van der Waals surface area (Å²) < 4.78 is 5.14. The minimum absolute atomic E-state index is 0.000617. The van der Waals surface area contributed by atoms with Gasteiger partial charge in [0, 0.05) is 18.9 Å². The Morgan fingerprint density at radius 2 is 1.75 bits per heavy atom. The van der Waals surface area contributed by atoms with Gasteiger partial charge in [-0.3, -0.25) is 4.79 Å². The minimum atomic E-state index is -1.03. The molecule has 0 fully saturated rings. The fourth-order valence-electron chi connectivity index (χ4n) is 1.90. The molecule has 0 spiro atoms. The van der Waals surface area contributed by atoms with Gasteiger partial charge < -0.3 is 9.64 Å². The monoisotopic (exact) mass is 386 g/mol. The molecule has 24 heavy (non-hydrogen) atoms. The van der Waals surface area contributed by atoms with Gasteiger partial charge in [0.05, 0.1) is 15.1 Å². The van der Waals surface area contributed by atoms with Gasteiger partial charge in [-0.05, 0) is 19.1 Å². The van der Waals surface area contributed by atoms with Gasteiger partial charge in [-0.1, -0.05) is 53.0 Å². The number of pyridine rings is 1. The van der Waals surface area contributed by atoms with Crippen LogP contribution in [0.4, 0.5) is 5.69 Å². The predicted octanol–water partition coefficient (Wildman–Crippen LogP) is 4.25. The molecule has 0 N–H and O–H groups in total. The topological polar surface area (TPSA) is 59.5 Å². The van der Waals surface area contributed by atoms with Gasteiger partial charge in [0.15, 0.2) is 11.8 Å². The van der Waals surface area contributed by atoms with Gasteiger partial charge in [-0.2, -0.15) is 0 Å². The molecule has 1 atom stereocenters. The maximum atomic E-state index is 12.4. The van der Waals surface area contributed by atoms with Gasteiger partial charge >= 0.3 is 5.97 Å². The summed E-state index contributed by atoms with van der Waals surface area (Å²) in [5.41, 5.74) is 0.476. The van der Waals surface area contributed by atoms with Crippen molar-refractivity contribution in [2.75, 3.05) is 11.9 Å². The zero-order valence-electron chi connectivity index (χ0n) is 12.8. The van der Waals surface area contributed by atoms with Crippen molar-refractivity contribution in [3.63, 3.8) is 0 Å². The van der Waals surface area contributed by atoms with E-state index in [9.17, 15) is 9.59 Å². The highest BCUT2D eigenvalue weighted by molar-refractivity contribution is 6.48. The predicted molar refractivity (Wildman–Crippen MR) is 94.0 cm³/mol. The third kappa shape index (κ3) is 3.98. The largest absolute Gasteiger partial charge is 0.448 e. The molecule has 0 aliphatic heterocycles. The molecule has 0 radical (unpaired) electrons. The zero-order chi connectivity index (χ0) is 17.9. The van der Waals surface area contributed by atoms with Crippen LogP contribution in [0.25, 0.3) is 0 Å². The Labute approximate surface area is 154 Å². The second kappa shape index (κ2) is 7.83. The van der Waals surface area contributed by atoms with Gasteiger partial charge in [0.2, 0.25) is 0 Å². The molecule has 0 saturated carbocycles. The number of nitrogens with zero attached hydrogens (tertiary/aromatic N) is 2. The fourth-order valence-corrected chi connectivity index (χ4v) is 2.46. The normalized spacial score (nSPS) is 11.7. The van der Waals surface area contributed by atoms with Crippen molar-refractivity contribution in [1.82, 2.24) is 4.98 Å². The molecule has 0 aliphatic rings. The molecule has 1 heterocycles. The Morgan fingerprint density at radius 3 is 2.38 bits per heavy atom. The minimum Gasteiger partial charge on any atom is -0.448 e. The van der Waals surface area contributed by atoms with Gasteiger partial charge in [-0.25, -0.2) is 9.78 Å². The Bertz CT molecular complexity index is 769. The van der Waals surface area contributed by atoms with E-state index in [1.165, 1.54) is 18.0 Å². The number of rotatable bonds is 4. The van der Waals surface area contributed by atoms with Gasteiger partial charge in [0.25, 0.3) is 5.91 Å². The molecule has 1 aromatic heterocycles. The van der Waals surface area contributed by atoms with Crippen LogP contribution in [0, 0.1) is 0 Å². The number of carbonyl (C=O) groups is 2. The van der Waals surface area contributed by atoms with E-state index in [0.29, 0.717) is 5.69 Å². The van der Waals surface area contributed by atoms with E-state index in [4.69, 9.17) is 39.5 Å². The van der Waals surface area contributed by atoms with Gasteiger partial charge in [-0.15, -0.1) is 0 Å². The van der Waals surface area contributed by atoms with Crippen molar-refractivity contribution in [1.29, 1.82) is 0 Å². The van der Waals surface area contributed by atoms with E-state index in [0.717, 1.165) is 0 Å². The summed E-state index contributed by atoms with van der Waals surface area (Å²) in [5.74, 6) is -1.26. The van der Waals surface area contributed by atoms with E-state index in [-0.39, 0.29) is 20.8 Å². The summed E-state index contributed by atoms with van der Waals surface area (Å²) in [6.07, 6.45) is 0.157. The third-order valence-electron chi connectivity index (χ3n) is 3.22. The number of carbonyl (C=O) groups excluding carboxylic acids is 2. The van der Waals surface area contributed by atoms with Crippen LogP contribution in [-0.4, -0.2) is 30.0 Å². The number of anilines is 1. The van der Waals surface area contributed by atoms with E-state index >= 15 is 0 Å². The first-order valence-corrected chi connectivity index (χ1v) is 7.99. The molecule has 1 aromatic carbocycles. The van der Waals surface area contributed by atoms with Gasteiger partial charge in [0.1, 0.15) is 0 Å². The van der Waals surface area contributed by atoms with Crippen molar-refractivity contribution in [3.05, 3.63) is 57.3 Å². The first-order chi connectivity index (χ1) is 11.3. The number of para-hydroxylation sites is 1. The van der Waals surface area contributed by atoms with Crippen LogP contribution in [0.1, 0.15) is 17.4 Å². The number of aromatic nitrogens is 1. The third-order valence-corrected chi connectivity index (χ3v) is 4.46. The highest BCUT2D eigenvalue weighted by Gasteiger charge is 2.26. The zero-order valence-corrected chi connectivity index (χ0v) is 15.1. The average Bonchev–Trinajstić information content (AvgIpc) is 2.59. The van der Waals surface area contributed by atoms with Crippen LogP contribution in [0.3, 0.4) is 0 Å². The number of benzene rings is 1. The lowest BCUT2D eigenvalue weighted by Gasteiger charge is -2.21. The molecular formula is C16H13Cl3N2O3. The number of halogens is 3. The molecule has 8 heteroatoms. The summed E-state index contributed by atoms with van der Waals surface area (Å²) in [4.78, 5) is 29.7. The highest BCUT2D eigenvalue weighted by Crippen LogP contribution is 2.31. The average molecular weight is 388 g/mol. The number of likely N-dealkylation sites (N-methyl/N-ethyl adjacent to an activating group) is 1. The molecule has 0 aliphatic carbocycles. The summed E-state index contributed by atoms with van der Waals surface area (Å²) in [7, 11) is 1.59. The van der Waals surface area contributed by atoms with Crippen molar-refractivity contribution < 1.29 is 14.3 Å². The van der Waals surface area contributed by atoms with Crippen LogP contribution in [-0.2, 0) is 9.53 Å². The standard InChI is InChI=1S/C16H13Cl3N2O3/c1-9(15(22)21(2)10-6-4-3-5-7-10)24-16(23)14-13(19)12(18)11(17)8-20-14/h3-9H,1-2H3/t9-/m1/s1. The van der Waals surface area contributed by atoms with Crippen molar-refractivity contribution in [2.24, 2.45) is 0 Å². The van der Waals surface area contributed by atoms with E-state index in [2.05, 4.69) is 4.98 Å². The Kier molecular flexibility index (Phi) is 6.04. The molecular weight excluding hydrogens is 375 g/mol. The molecule has 2 rings (SSSR count). The van der Waals surface area contributed by atoms with Crippen molar-refractivity contribution >= 4 is 52.4 Å². The summed E-state index contributed by atoms with van der Waals surface area (Å²) in [5, 5.41) is -0.00273. The molecule has 0 unspecified atom stereocenters. The molecule has 0 bridgehead atoms. The highest BCUT2D eigenvalue weighted by atomic mass is 35.5. The summed E-state index contributed by atoms with van der Waals surface area (Å²) in [6, 6.07) is 8.97.